The number of hydrogen-bond donors (Lipinski definition) is 1. The van der Waals surface area contributed by atoms with Crippen molar-refractivity contribution in [2.75, 3.05) is 11.9 Å². The molecule has 34 heavy (non-hydrogen) atoms. The summed E-state index contributed by atoms with van der Waals surface area (Å²) >= 11 is 1.33. The number of benzene rings is 1. The minimum absolute atomic E-state index is 0.139. The van der Waals surface area contributed by atoms with E-state index in [9.17, 15) is 13.2 Å². The van der Waals surface area contributed by atoms with Crippen molar-refractivity contribution in [1.82, 2.24) is 14.4 Å². The number of alkyl halides is 3. The number of hydrogen-bond acceptors (Lipinski definition) is 5. The maximum atomic E-state index is 13.7. The molecule has 0 aliphatic heterocycles. The van der Waals surface area contributed by atoms with Crippen molar-refractivity contribution in [3.63, 3.8) is 0 Å². The van der Waals surface area contributed by atoms with Gasteiger partial charge in [-0.15, -0.1) is 11.3 Å². The van der Waals surface area contributed by atoms with E-state index in [-0.39, 0.29) is 12.4 Å². The first kappa shape index (κ1) is 24.1. The number of halogens is 3. The Morgan fingerprint density at radius 2 is 1.88 bits per heavy atom. The van der Waals surface area contributed by atoms with E-state index in [2.05, 4.69) is 22.2 Å². The van der Waals surface area contributed by atoms with Gasteiger partial charge in [0.1, 0.15) is 11.4 Å². The van der Waals surface area contributed by atoms with Gasteiger partial charge in [0.2, 0.25) is 0 Å². The van der Waals surface area contributed by atoms with Crippen molar-refractivity contribution in [3.8, 4) is 17.0 Å². The van der Waals surface area contributed by atoms with Gasteiger partial charge in [0.15, 0.2) is 5.13 Å². The van der Waals surface area contributed by atoms with E-state index >= 15 is 0 Å². The molecule has 5 nitrogen and oxygen atoms in total. The van der Waals surface area contributed by atoms with Crippen LogP contribution < -0.4 is 10.1 Å². The first-order valence-electron chi connectivity index (χ1n) is 11.4. The molecule has 0 aliphatic carbocycles. The Morgan fingerprint density at radius 1 is 1.06 bits per heavy atom. The van der Waals surface area contributed by atoms with Gasteiger partial charge in [0.05, 0.1) is 17.9 Å². The summed E-state index contributed by atoms with van der Waals surface area (Å²) in [5, 5.41) is 5.37. The SMILES string of the molecule is CCCCCCCCOc1ccc(Nc2nc(-c3ccc4nccn4c3)cs2)cc1C(F)(F)F. The van der Waals surface area contributed by atoms with E-state index in [1.54, 1.807) is 12.3 Å². The summed E-state index contributed by atoms with van der Waals surface area (Å²) < 4.78 is 48.4. The normalized spacial score (nSPS) is 11.8. The van der Waals surface area contributed by atoms with Gasteiger partial charge in [-0.25, -0.2) is 9.97 Å². The van der Waals surface area contributed by atoms with Gasteiger partial charge in [-0.1, -0.05) is 39.0 Å². The Balaban J connectivity index is 1.42. The molecule has 0 unspecified atom stereocenters. The standard InChI is InChI=1S/C25H27F3N4OS/c1-2-3-4-5-6-7-14-33-22-10-9-19(15-20(22)25(26,27)28)30-24-31-21(17-34-24)18-8-11-23-29-12-13-32(23)16-18/h8-13,15-17H,2-7,14H2,1H3,(H,30,31). The lowest BCUT2D eigenvalue weighted by Gasteiger charge is -2.15. The van der Waals surface area contributed by atoms with Gasteiger partial charge in [0, 0.05) is 35.2 Å². The largest absolute Gasteiger partial charge is 0.493 e. The zero-order valence-electron chi connectivity index (χ0n) is 18.9. The van der Waals surface area contributed by atoms with Crippen LogP contribution in [0.5, 0.6) is 5.75 Å². The second-order valence-electron chi connectivity index (χ2n) is 8.10. The summed E-state index contributed by atoms with van der Waals surface area (Å²) in [6.07, 6.45) is 7.25. The number of aromatic nitrogens is 3. The van der Waals surface area contributed by atoms with E-state index in [0.717, 1.165) is 55.1 Å². The third kappa shape index (κ3) is 6.08. The van der Waals surface area contributed by atoms with Crippen LogP contribution in [0.15, 0.2) is 54.3 Å². The quantitative estimate of drug-likeness (QED) is 0.218. The highest BCUT2D eigenvalue weighted by atomic mass is 32.1. The van der Waals surface area contributed by atoms with Crippen LogP contribution in [-0.4, -0.2) is 21.0 Å². The molecule has 0 saturated heterocycles. The smallest absolute Gasteiger partial charge is 0.420 e. The van der Waals surface area contributed by atoms with Crippen LogP contribution in [0.25, 0.3) is 16.9 Å². The lowest BCUT2D eigenvalue weighted by atomic mass is 10.1. The maximum absolute atomic E-state index is 13.7. The van der Waals surface area contributed by atoms with Crippen LogP contribution in [0, 0.1) is 0 Å². The summed E-state index contributed by atoms with van der Waals surface area (Å²) in [5.41, 5.74) is 1.98. The predicted molar refractivity (Wildman–Crippen MR) is 130 cm³/mol. The number of imidazole rings is 1. The molecule has 1 N–H and O–H groups in total. The zero-order valence-corrected chi connectivity index (χ0v) is 19.8. The molecule has 180 valence electrons. The van der Waals surface area contributed by atoms with Crippen molar-refractivity contribution in [1.29, 1.82) is 0 Å². The molecule has 0 aliphatic rings. The van der Waals surface area contributed by atoms with Gasteiger partial charge in [0.25, 0.3) is 0 Å². The Morgan fingerprint density at radius 3 is 2.71 bits per heavy atom. The highest BCUT2D eigenvalue weighted by Crippen LogP contribution is 2.39. The lowest BCUT2D eigenvalue weighted by Crippen LogP contribution is -2.10. The molecule has 9 heteroatoms. The van der Waals surface area contributed by atoms with Crippen LogP contribution in [0.2, 0.25) is 0 Å². The van der Waals surface area contributed by atoms with Gasteiger partial charge in [-0.05, 0) is 36.8 Å². The van der Waals surface area contributed by atoms with E-state index in [4.69, 9.17) is 4.74 Å². The summed E-state index contributed by atoms with van der Waals surface area (Å²) in [6, 6.07) is 7.85. The maximum Gasteiger partial charge on any atom is 0.420 e. The zero-order chi connectivity index (χ0) is 24.0. The highest BCUT2D eigenvalue weighted by Gasteiger charge is 2.34. The summed E-state index contributed by atoms with van der Waals surface area (Å²) in [5.74, 6) is -0.139. The molecule has 1 aromatic carbocycles. The summed E-state index contributed by atoms with van der Waals surface area (Å²) in [6.45, 7) is 2.43. The van der Waals surface area contributed by atoms with E-state index in [1.165, 1.54) is 23.8 Å². The van der Waals surface area contributed by atoms with Crippen molar-refractivity contribution in [3.05, 3.63) is 59.9 Å². The number of nitrogens with one attached hydrogen (secondary N) is 1. The number of rotatable bonds is 11. The highest BCUT2D eigenvalue weighted by molar-refractivity contribution is 7.14. The van der Waals surface area contributed by atoms with Gasteiger partial charge in [-0.3, -0.25) is 0 Å². The second kappa shape index (κ2) is 10.9. The van der Waals surface area contributed by atoms with Crippen molar-refractivity contribution < 1.29 is 17.9 Å². The second-order valence-corrected chi connectivity index (χ2v) is 8.96. The fraction of sp³-hybridized carbons (Fsp3) is 0.360. The van der Waals surface area contributed by atoms with E-state index in [1.807, 2.05) is 34.3 Å². The molecule has 0 saturated carbocycles. The lowest BCUT2D eigenvalue weighted by molar-refractivity contribution is -0.138. The predicted octanol–water partition coefficient (Wildman–Crippen LogP) is 7.96. The number of unbranched alkanes of at least 4 members (excludes halogenated alkanes) is 5. The Labute approximate surface area is 200 Å². The van der Waals surface area contributed by atoms with Crippen LogP contribution in [0.4, 0.5) is 24.0 Å². The Kier molecular flexibility index (Phi) is 7.72. The molecule has 4 rings (SSSR count). The van der Waals surface area contributed by atoms with Crippen LogP contribution in [0.3, 0.4) is 0 Å². The topological polar surface area (TPSA) is 51.5 Å². The average molecular weight is 489 g/mol. The number of ether oxygens (including phenoxy) is 1. The molecule has 3 aromatic heterocycles. The molecule has 4 aromatic rings. The Bertz CT molecular complexity index is 1220. The van der Waals surface area contributed by atoms with Crippen LogP contribution >= 0.6 is 11.3 Å². The van der Waals surface area contributed by atoms with Crippen LogP contribution in [0.1, 0.15) is 51.0 Å². The third-order valence-corrected chi connectivity index (χ3v) is 6.24. The molecule has 0 amide bonds. The monoisotopic (exact) mass is 488 g/mol. The molecule has 0 atom stereocenters. The number of nitrogens with zero attached hydrogens (tertiary/aromatic N) is 3. The number of fused-ring (bicyclic) bond motifs is 1. The fourth-order valence-electron chi connectivity index (χ4n) is 3.68. The molecular formula is C25H27F3N4OS. The van der Waals surface area contributed by atoms with Gasteiger partial charge < -0.3 is 14.5 Å². The molecule has 3 heterocycles. The number of pyridine rings is 1. The first-order valence-corrected chi connectivity index (χ1v) is 12.3. The first-order chi connectivity index (χ1) is 16.4. The molecule has 0 fully saturated rings. The van der Waals surface area contributed by atoms with Crippen LogP contribution in [-0.2, 0) is 6.18 Å². The molecule has 0 bridgehead atoms. The molecule has 0 radical (unpaired) electrons. The van der Waals surface area contributed by atoms with Gasteiger partial charge >= 0.3 is 6.18 Å². The molecule has 0 spiro atoms. The number of thiazole rings is 1. The average Bonchev–Trinajstić information content (AvgIpc) is 3.47. The summed E-state index contributed by atoms with van der Waals surface area (Å²) in [4.78, 5) is 8.75. The summed E-state index contributed by atoms with van der Waals surface area (Å²) in [7, 11) is 0. The number of anilines is 2. The fourth-order valence-corrected chi connectivity index (χ4v) is 4.42. The molecular weight excluding hydrogens is 461 g/mol. The Hall–Kier alpha value is -3.07. The van der Waals surface area contributed by atoms with Crippen molar-refractivity contribution in [2.45, 2.75) is 51.6 Å². The van der Waals surface area contributed by atoms with E-state index in [0.29, 0.717) is 10.8 Å². The van der Waals surface area contributed by atoms with Crippen molar-refractivity contribution >= 4 is 27.8 Å². The van der Waals surface area contributed by atoms with E-state index < -0.39 is 11.7 Å². The van der Waals surface area contributed by atoms with Crippen molar-refractivity contribution in [2.24, 2.45) is 0 Å². The van der Waals surface area contributed by atoms with Gasteiger partial charge in [-0.2, -0.15) is 13.2 Å². The minimum atomic E-state index is -4.51. The minimum Gasteiger partial charge on any atom is -0.493 e. The third-order valence-electron chi connectivity index (χ3n) is 5.48.